The monoisotopic (exact) mass is 288 g/mol. The van der Waals surface area contributed by atoms with Gasteiger partial charge in [-0.05, 0) is 31.0 Å². The maximum absolute atomic E-state index is 6.26. The summed E-state index contributed by atoms with van der Waals surface area (Å²) in [5.41, 5.74) is 7.35. The van der Waals surface area contributed by atoms with E-state index in [4.69, 9.17) is 10.5 Å². The van der Waals surface area contributed by atoms with E-state index in [2.05, 4.69) is 17.0 Å². The van der Waals surface area contributed by atoms with Crippen molar-refractivity contribution < 1.29 is 4.74 Å². The quantitative estimate of drug-likeness (QED) is 0.758. The van der Waals surface area contributed by atoms with Crippen LogP contribution in [0.4, 0.5) is 0 Å². The Morgan fingerprint density at radius 1 is 1.24 bits per heavy atom. The highest BCUT2D eigenvalue weighted by atomic mass is 16.5. The molecule has 1 heterocycles. The molecule has 2 aromatic rings. The molecule has 5 nitrogen and oxygen atoms in total. The molecule has 0 aliphatic rings. The average Bonchev–Trinajstić information content (AvgIpc) is 2.95. The minimum atomic E-state index is -0.0795. The second-order valence-electron chi connectivity index (χ2n) is 5.07. The van der Waals surface area contributed by atoms with Crippen LogP contribution in [0.1, 0.15) is 44.1 Å². The molecular formula is C16H24N4O. The van der Waals surface area contributed by atoms with Crippen molar-refractivity contribution in [1.29, 1.82) is 0 Å². The number of rotatable bonds is 8. The van der Waals surface area contributed by atoms with Crippen molar-refractivity contribution in [1.82, 2.24) is 14.8 Å². The van der Waals surface area contributed by atoms with Gasteiger partial charge < -0.3 is 10.5 Å². The van der Waals surface area contributed by atoms with Gasteiger partial charge >= 0.3 is 0 Å². The Hall–Kier alpha value is -1.88. The van der Waals surface area contributed by atoms with Crippen molar-refractivity contribution in [2.75, 3.05) is 6.61 Å². The summed E-state index contributed by atoms with van der Waals surface area (Å²) in [7, 11) is 0. The van der Waals surface area contributed by atoms with Gasteiger partial charge in [0.1, 0.15) is 17.9 Å². The molecule has 0 radical (unpaired) electrons. The van der Waals surface area contributed by atoms with Crippen molar-refractivity contribution in [3.63, 3.8) is 0 Å². The molecule has 1 aromatic heterocycles. The van der Waals surface area contributed by atoms with Crippen LogP contribution in [-0.2, 0) is 13.0 Å². The minimum absolute atomic E-state index is 0.0795. The van der Waals surface area contributed by atoms with Gasteiger partial charge in [0.2, 0.25) is 0 Å². The number of aryl methyl sites for hydroxylation is 1. The Morgan fingerprint density at radius 3 is 2.67 bits per heavy atom. The molecule has 5 heteroatoms. The fourth-order valence-corrected chi connectivity index (χ4v) is 2.17. The van der Waals surface area contributed by atoms with Crippen LogP contribution >= 0.6 is 0 Å². The van der Waals surface area contributed by atoms with E-state index >= 15 is 0 Å². The number of ether oxygens (including phenoxy) is 1. The topological polar surface area (TPSA) is 66.0 Å². The van der Waals surface area contributed by atoms with Crippen LogP contribution in [0.15, 0.2) is 30.6 Å². The Morgan fingerprint density at radius 2 is 2.00 bits per heavy atom. The van der Waals surface area contributed by atoms with Crippen LogP contribution in [0.3, 0.4) is 0 Å². The van der Waals surface area contributed by atoms with Crippen LogP contribution in [-0.4, -0.2) is 21.4 Å². The van der Waals surface area contributed by atoms with Crippen LogP contribution in [0.2, 0.25) is 0 Å². The molecule has 0 aliphatic heterocycles. The van der Waals surface area contributed by atoms with Gasteiger partial charge in [-0.1, -0.05) is 25.5 Å². The largest absolute Gasteiger partial charge is 0.494 e. The van der Waals surface area contributed by atoms with Crippen molar-refractivity contribution in [3.05, 3.63) is 42.0 Å². The van der Waals surface area contributed by atoms with Gasteiger partial charge in [0.25, 0.3) is 0 Å². The molecule has 2 N–H and O–H groups in total. The summed E-state index contributed by atoms with van der Waals surface area (Å²) in [5.74, 6) is 1.82. The molecule has 114 valence electrons. The third kappa shape index (κ3) is 4.29. The molecule has 0 spiro atoms. The van der Waals surface area contributed by atoms with Gasteiger partial charge in [-0.15, -0.1) is 0 Å². The number of benzene rings is 1. The maximum Gasteiger partial charge on any atom is 0.138 e. The first-order valence-corrected chi connectivity index (χ1v) is 7.59. The molecule has 0 saturated heterocycles. The van der Waals surface area contributed by atoms with Gasteiger partial charge in [0, 0.05) is 19.0 Å². The normalized spacial score (nSPS) is 12.3. The maximum atomic E-state index is 6.26. The third-order valence-electron chi connectivity index (χ3n) is 3.47. The third-order valence-corrected chi connectivity index (χ3v) is 3.47. The summed E-state index contributed by atoms with van der Waals surface area (Å²) in [5, 5.41) is 4.17. The van der Waals surface area contributed by atoms with Gasteiger partial charge in [-0.3, -0.25) is 4.68 Å². The fraction of sp³-hybridized carbons (Fsp3) is 0.500. The summed E-state index contributed by atoms with van der Waals surface area (Å²) in [6, 6.07) is 7.94. The van der Waals surface area contributed by atoms with Crippen LogP contribution in [0, 0.1) is 0 Å². The molecule has 1 aromatic carbocycles. The average molecular weight is 288 g/mol. The van der Waals surface area contributed by atoms with E-state index < -0.39 is 0 Å². The predicted octanol–water partition coefficient (Wildman–Crippen LogP) is 2.72. The first kappa shape index (κ1) is 15.5. The lowest BCUT2D eigenvalue weighted by molar-refractivity contribution is 0.309. The van der Waals surface area contributed by atoms with Crippen molar-refractivity contribution >= 4 is 0 Å². The van der Waals surface area contributed by atoms with Crippen molar-refractivity contribution in [2.45, 2.75) is 45.7 Å². The summed E-state index contributed by atoms with van der Waals surface area (Å²) in [6.07, 6.45) is 4.48. The van der Waals surface area contributed by atoms with E-state index in [0.29, 0.717) is 6.42 Å². The molecule has 0 amide bonds. The molecule has 1 atom stereocenters. The summed E-state index contributed by atoms with van der Waals surface area (Å²) in [4.78, 5) is 4.27. The van der Waals surface area contributed by atoms with E-state index in [1.54, 1.807) is 6.33 Å². The number of nitrogens with two attached hydrogens (primary N) is 1. The Labute approximate surface area is 126 Å². The first-order valence-electron chi connectivity index (χ1n) is 7.59. The van der Waals surface area contributed by atoms with Crippen molar-refractivity contribution in [2.24, 2.45) is 5.73 Å². The lowest BCUT2D eigenvalue weighted by atomic mass is 10.0. The summed E-state index contributed by atoms with van der Waals surface area (Å²) < 4.78 is 7.53. The number of hydrogen-bond donors (Lipinski definition) is 1. The molecular weight excluding hydrogens is 264 g/mol. The highest BCUT2D eigenvalue weighted by molar-refractivity contribution is 5.29. The summed E-state index contributed by atoms with van der Waals surface area (Å²) in [6.45, 7) is 5.78. The lowest BCUT2D eigenvalue weighted by Gasteiger charge is -2.13. The highest BCUT2D eigenvalue weighted by Gasteiger charge is 2.11. The fourth-order valence-electron chi connectivity index (χ4n) is 2.17. The number of aromatic nitrogens is 3. The molecule has 0 fully saturated rings. The number of unbranched alkanes of at least 4 members (excludes halogenated alkanes) is 1. The molecule has 0 bridgehead atoms. The molecule has 0 aliphatic carbocycles. The van der Waals surface area contributed by atoms with E-state index in [9.17, 15) is 0 Å². The van der Waals surface area contributed by atoms with E-state index in [1.165, 1.54) is 0 Å². The SMILES string of the molecule is CCCCOc1ccc(C(N)Cc2ncnn2CC)cc1. The zero-order chi connectivity index (χ0) is 15.1. The molecule has 1 unspecified atom stereocenters. The molecule has 21 heavy (non-hydrogen) atoms. The standard InChI is InChI=1S/C16H24N4O/c1-3-5-10-21-14-8-6-13(7-9-14)15(17)11-16-18-12-19-20(16)4-2/h6-9,12,15H,3-5,10-11,17H2,1-2H3. The zero-order valence-corrected chi connectivity index (χ0v) is 12.8. The Kier molecular flexibility index (Phi) is 5.75. The van der Waals surface area contributed by atoms with E-state index in [1.807, 2.05) is 35.9 Å². The predicted molar refractivity (Wildman–Crippen MR) is 83.2 cm³/mol. The van der Waals surface area contributed by atoms with Crippen LogP contribution in [0.5, 0.6) is 5.75 Å². The molecule has 2 rings (SSSR count). The van der Waals surface area contributed by atoms with Crippen molar-refractivity contribution in [3.8, 4) is 5.75 Å². The lowest BCUT2D eigenvalue weighted by Crippen LogP contribution is -2.16. The van der Waals surface area contributed by atoms with Crippen LogP contribution in [0.25, 0.3) is 0 Å². The van der Waals surface area contributed by atoms with Gasteiger partial charge in [0.05, 0.1) is 6.61 Å². The van der Waals surface area contributed by atoms with Gasteiger partial charge in [-0.25, -0.2) is 4.98 Å². The highest BCUT2D eigenvalue weighted by Crippen LogP contribution is 2.19. The second-order valence-corrected chi connectivity index (χ2v) is 5.07. The van der Waals surface area contributed by atoms with E-state index in [0.717, 1.165) is 43.1 Å². The zero-order valence-electron chi connectivity index (χ0n) is 12.8. The summed E-state index contributed by atoms with van der Waals surface area (Å²) >= 11 is 0. The molecule has 0 saturated carbocycles. The van der Waals surface area contributed by atoms with Gasteiger partial charge in [-0.2, -0.15) is 5.10 Å². The van der Waals surface area contributed by atoms with E-state index in [-0.39, 0.29) is 6.04 Å². The van der Waals surface area contributed by atoms with Crippen LogP contribution < -0.4 is 10.5 Å². The Bertz CT molecular complexity index is 535. The number of hydrogen-bond acceptors (Lipinski definition) is 4. The number of nitrogens with zero attached hydrogens (tertiary/aromatic N) is 3. The Balaban J connectivity index is 1.94. The smallest absolute Gasteiger partial charge is 0.138 e. The minimum Gasteiger partial charge on any atom is -0.494 e. The second kappa shape index (κ2) is 7.78. The first-order chi connectivity index (χ1) is 10.2. The van der Waals surface area contributed by atoms with Gasteiger partial charge in [0.15, 0.2) is 0 Å².